The summed E-state index contributed by atoms with van der Waals surface area (Å²) >= 11 is 0. The molecule has 1 atom stereocenters. The SMILES string of the molecule is C=CCC(C)NCc1cccc2c1N(C(=O)OC(C)(C)C)CC2. The Labute approximate surface area is 139 Å². The summed E-state index contributed by atoms with van der Waals surface area (Å²) in [5.41, 5.74) is 2.89. The van der Waals surface area contributed by atoms with E-state index in [0.29, 0.717) is 12.6 Å². The zero-order chi connectivity index (χ0) is 17.0. The average Bonchev–Trinajstić information content (AvgIpc) is 2.88. The third-order valence-corrected chi connectivity index (χ3v) is 3.85. The van der Waals surface area contributed by atoms with Crippen molar-refractivity contribution in [2.24, 2.45) is 0 Å². The predicted octanol–water partition coefficient (Wildman–Crippen LogP) is 4.04. The first-order chi connectivity index (χ1) is 10.8. The number of carbonyl (C=O) groups is 1. The van der Waals surface area contributed by atoms with Crippen LogP contribution in [-0.4, -0.2) is 24.3 Å². The average molecular weight is 316 g/mol. The Hall–Kier alpha value is -1.81. The van der Waals surface area contributed by atoms with Crippen LogP contribution in [0.3, 0.4) is 0 Å². The molecule has 0 fully saturated rings. The number of nitrogens with one attached hydrogen (secondary N) is 1. The van der Waals surface area contributed by atoms with E-state index < -0.39 is 5.60 Å². The largest absolute Gasteiger partial charge is 0.443 e. The maximum absolute atomic E-state index is 12.5. The molecule has 1 unspecified atom stereocenters. The van der Waals surface area contributed by atoms with E-state index in [4.69, 9.17) is 4.74 Å². The second kappa shape index (κ2) is 7.18. The Bertz CT molecular complexity index is 575. The van der Waals surface area contributed by atoms with Crippen LogP contribution in [0.15, 0.2) is 30.9 Å². The van der Waals surface area contributed by atoms with Gasteiger partial charge in [-0.25, -0.2) is 4.79 Å². The van der Waals surface area contributed by atoms with Crippen LogP contribution >= 0.6 is 0 Å². The van der Waals surface area contributed by atoms with E-state index in [1.165, 1.54) is 5.56 Å². The van der Waals surface area contributed by atoms with Crippen molar-refractivity contribution in [1.29, 1.82) is 0 Å². The first kappa shape index (κ1) is 17.5. The van der Waals surface area contributed by atoms with Crippen LogP contribution in [0.1, 0.15) is 45.2 Å². The van der Waals surface area contributed by atoms with Gasteiger partial charge in [0.25, 0.3) is 0 Å². The summed E-state index contributed by atoms with van der Waals surface area (Å²) in [7, 11) is 0. The van der Waals surface area contributed by atoms with Crippen molar-refractivity contribution in [3.63, 3.8) is 0 Å². The zero-order valence-electron chi connectivity index (χ0n) is 14.7. The minimum Gasteiger partial charge on any atom is -0.443 e. The number of anilines is 1. The second-order valence-electron chi connectivity index (χ2n) is 7.11. The molecule has 0 bridgehead atoms. The van der Waals surface area contributed by atoms with Crippen LogP contribution in [-0.2, 0) is 17.7 Å². The third-order valence-electron chi connectivity index (χ3n) is 3.85. The molecule has 1 aromatic rings. The number of amides is 1. The van der Waals surface area contributed by atoms with Crippen molar-refractivity contribution < 1.29 is 9.53 Å². The molecule has 1 aliphatic heterocycles. The van der Waals surface area contributed by atoms with Gasteiger partial charge in [0.1, 0.15) is 5.60 Å². The van der Waals surface area contributed by atoms with E-state index in [2.05, 4.69) is 37.0 Å². The molecule has 0 aliphatic carbocycles. The molecule has 0 radical (unpaired) electrons. The van der Waals surface area contributed by atoms with Gasteiger partial charge in [-0.15, -0.1) is 6.58 Å². The summed E-state index contributed by atoms with van der Waals surface area (Å²) < 4.78 is 5.55. The summed E-state index contributed by atoms with van der Waals surface area (Å²) in [6, 6.07) is 6.60. The molecule has 0 saturated carbocycles. The highest BCUT2D eigenvalue weighted by Gasteiger charge is 2.30. The molecule has 0 spiro atoms. The smallest absolute Gasteiger partial charge is 0.414 e. The lowest BCUT2D eigenvalue weighted by atomic mass is 10.1. The number of rotatable bonds is 5. The minimum atomic E-state index is -0.481. The molecular formula is C19H28N2O2. The molecule has 1 heterocycles. The van der Waals surface area contributed by atoms with Crippen molar-refractivity contribution in [2.75, 3.05) is 11.4 Å². The quantitative estimate of drug-likeness (QED) is 0.834. The van der Waals surface area contributed by atoms with Crippen LogP contribution in [0.5, 0.6) is 0 Å². The number of ether oxygens (including phenoxy) is 1. The third kappa shape index (κ3) is 4.58. The number of fused-ring (bicyclic) bond motifs is 1. The Morgan fingerprint density at radius 1 is 1.48 bits per heavy atom. The summed E-state index contributed by atoms with van der Waals surface area (Å²) in [5.74, 6) is 0. The molecule has 1 N–H and O–H groups in total. The molecule has 0 aromatic heterocycles. The second-order valence-corrected chi connectivity index (χ2v) is 7.11. The summed E-state index contributed by atoms with van der Waals surface area (Å²) in [6.07, 6.45) is 3.46. The number of benzene rings is 1. The van der Waals surface area contributed by atoms with E-state index in [1.54, 1.807) is 4.90 Å². The molecule has 4 heteroatoms. The molecule has 1 aromatic carbocycles. The highest BCUT2D eigenvalue weighted by atomic mass is 16.6. The molecule has 23 heavy (non-hydrogen) atoms. The molecule has 4 nitrogen and oxygen atoms in total. The van der Waals surface area contributed by atoms with Crippen molar-refractivity contribution in [3.05, 3.63) is 42.0 Å². The fraction of sp³-hybridized carbons (Fsp3) is 0.526. The van der Waals surface area contributed by atoms with E-state index in [-0.39, 0.29) is 6.09 Å². The maximum Gasteiger partial charge on any atom is 0.414 e. The Morgan fingerprint density at radius 3 is 2.87 bits per heavy atom. The van der Waals surface area contributed by atoms with Gasteiger partial charge in [0.2, 0.25) is 0 Å². The predicted molar refractivity (Wildman–Crippen MR) is 94.8 cm³/mol. The normalized spacial score (nSPS) is 15.2. The van der Waals surface area contributed by atoms with Gasteiger partial charge in [-0.1, -0.05) is 24.3 Å². The van der Waals surface area contributed by atoms with Gasteiger partial charge in [0, 0.05) is 19.1 Å². The van der Waals surface area contributed by atoms with E-state index in [0.717, 1.165) is 30.6 Å². The highest BCUT2D eigenvalue weighted by Crippen LogP contribution is 2.33. The van der Waals surface area contributed by atoms with Crippen molar-refractivity contribution in [1.82, 2.24) is 5.32 Å². The van der Waals surface area contributed by atoms with Gasteiger partial charge in [-0.05, 0) is 51.7 Å². The van der Waals surface area contributed by atoms with Crippen LogP contribution in [0.4, 0.5) is 10.5 Å². The molecule has 126 valence electrons. The Balaban J connectivity index is 2.16. The van der Waals surface area contributed by atoms with Gasteiger partial charge in [-0.3, -0.25) is 4.90 Å². The van der Waals surface area contributed by atoms with Gasteiger partial charge < -0.3 is 10.1 Å². The monoisotopic (exact) mass is 316 g/mol. The van der Waals surface area contributed by atoms with Crippen molar-refractivity contribution in [3.8, 4) is 0 Å². The Kier molecular flexibility index (Phi) is 5.47. The first-order valence-corrected chi connectivity index (χ1v) is 8.27. The lowest BCUT2D eigenvalue weighted by Crippen LogP contribution is -2.36. The van der Waals surface area contributed by atoms with E-state index in [9.17, 15) is 4.79 Å². The summed E-state index contributed by atoms with van der Waals surface area (Å²) in [5, 5.41) is 3.49. The van der Waals surface area contributed by atoms with Crippen LogP contribution in [0.2, 0.25) is 0 Å². The molecule has 1 aliphatic rings. The van der Waals surface area contributed by atoms with Crippen LogP contribution in [0, 0.1) is 0 Å². The first-order valence-electron chi connectivity index (χ1n) is 8.27. The number of hydrogen-bond acceptors (Lipinski definition) is 3. The zero-order valence-corrected chi connectivity index (χ0v) is 14.7. The van der Waals surface area contributed by atoms with E-state index in [1.807, 2.05) is 26.8 Å². The summed E-state index contributed by atoms with van der Waals surface area (Å²) in [4.78, 5) is 14.3. The number of nitrogens with zero attached hydrogens (tertiary/aromatic N) is 1. The molecule has 0 saturated heterocycles. The Morgan fingerprint density at radius 2 is 2.22 bits per heavy atom. The molecular weight excluding hydrogens is 288 g/mol. The van der Waals surface area contributed by atoms with Crippen LogP contribution < -0.4 is 10.2 Å². The van der Waals surface area contributed by atoms with Crippen LogP contribution in [0.25, 0.3) is 0 Å². The van der Waals surface area contributed by atoms with Gasteiger partial charge in [-0.2, -0.15) is 0 Å². The number of hydrogen-bond donors (Lipinski definition) is 1. The molecule has 2 rings (SSSR count). The number of para-hydroxylation sites is 1. The van der Waals surface area contributed by atoms with E-state index >= 15 is 0 Å². The van der Waals surface area contributed by atoms with Gasteiger partial charge in [0.15, 0.2) is 0 Å². The lowest BCUT2D eigenvalue weighted by molar-refractivity contribution is 0.0583. The van der Waals surface area contributed by atoms with Crippen molar-refractivity contribution in [2.45, 2.75) is 58.7 Å². The molecule has 1 amide bonds. The number of carbonyl (C=O) groups excluding carboxylic acids is 1. The highest BCUT2D eigenvalue weighted by molar-refractivity contribution is 5.91. The minimum absolute atomic E-state index is 0.261. The van der Waals surface area contributed by atoms with Crippen molar-refractivity contribution >= 4 is 11.8 Å². The van der Waals surface area contributed by atoms with Gasteiger partial charge >= 0.3 is 6.09 Å². The summed E-state index contributed by atoms with van der Waals surface area (Å²) in [6.45, 7) is 13.0. The topological polar surface area (TPSA) is 41.6 Å². The van der Waals surface area contributed by atoms with Gasteiger partial charge in [0.05, 0.1) is 5.69 Å². The lowest BCUT2D eigenvalue weighted by Gasteiger charge is -2.26. The maximum atomic E-state index is 12.5. The fourth-order valence-electron chi connectivity index (χ4n) is 2.80. The fourth-order valence-corrected chi connectivity index (χ4v) is 2.80. The standard InChI is InChI=1S/C19H28N2O2/c1-6-8-14(2)20-13-16-10-7-9-15-11-12-21(17(15)16)18(22)23-19(3,4)5/h6-7,9-10,14,20H,1,8,11-13H2,2-5H3.